The summed E-state index contributed by atoms with van der Waals surface area (Å²) in [6.45, 7) is 13.4. The van der Waals surface area contributed by atoms with Gasteiger partial charge in [-0.3, -0.25) is 4.79 Å². The molecule has 0 spiro atoms. The Balaban J connectivity index is 4.68. The number of carbonyl (C=O) groups excluding carboxylic acids is 1. The lowest BCUT2D eigenvalue weighted by Gasteiger charge is -2.35. The third kappa shape index (κ3) is 3.32. The molecule has 84 valence electrons. The highest BCUT2D eigenvalue weighted by molar-refractivity contribution is 5.79. The predicted molar refractivity (Wildman–Crippen MR) is 61.1 cm³/mol. The van der Waals surface area contributed by atoms with E-state index in [9.17, 15) is 4.79 Å². The van der Waals surface area contributed by atoms with Gasteiger partial charge in [0.15, 0.2) is 0 Å². The van der Waals surface area contributed by atoms with Gasteiger partial charge in [-0.05, 0) is 18.3 Å². The maximum Gasteiger partial charge on any atom is 0.223 e. The van der Waals surface area contributed by atoms with Gasteiger partial charge in [-0.1, -0.05) is 41.0 Å². The van der Waals surface area contributed by atoms with E-state index in [-0.39, 0.29) is 17.2 Å². The van der Waals surface area contributed by atoms with Crippen LogP contribution in [0.4, 0.5) is 0 Å². The quantitative estimate of drug-likeness (QED) is 0.725. The molecule has 0 aromatic heterocycles. The van der Waals surface area contributed by atoms with Crippen LogP contribution in [0.25, 0.3) is 0 Å². The molecule has 0 bridgehead atoms. The van der Waals surface area contributed by atoms with E-state index in [1.54, 1.807) is 0 Å². The monoisotopic (exact) mass is 199 g/mol. The zero-order valence-electron chi connectivity index (χ0n) is 10.5. The highest BCUT2D eigenvalue weighted by Gasteiger charge is 2.35. The van der Waals surface area contributed by atoms with Crippen molar-refractivity contribution in [2.45, 2.75) is 48.0 Å². The molecule has 0 radical (unpaired) electrons. The Hall–Kier alpha value is -0.530. The van der Waals surface area contributed by atoms with Crippen molar-refractivity contribution in [3.05, 3.63) is 0 Å². The van der Waals surface area contributed by atoms with Crippen molar-refractivity contribution in [3.8, 4) is 0 Å². The molecular formula is C12H25NO. The number of amides is 1. The van der Waals surface area contributed by atoms with Gasteiger partial charge in [0.05, 0.1) is 0 Å². The summed E-state index contributed by atoms with van der Waals surface area (Å²) in [5.74, 6) is 0.721. The smallest absolute Gasteiger partial charge is 0.223 e. The first kappa shape index (κ1) is 13.5. The lowest BCUT2D eigenvalue weighted by molar-refractivity contribution is -0.130. The third-order valence-electron chi connectivity index (χ3n) is 3.05. The second-order valence-corrected chi connectivity index (χ2v) is 4.96. The van der Waals surface area contributed by atoms with Crippen molar-refractivity contribution in [2.75, 3.05) is 6.54 Å². The number of carbonyl (C=O) groups is 1. The SMILES string of the molecule is CCNC(=O)[C@H](C(C)C)C(C)(C)CC. The molecule has 2 nitrogen and oxygen atoms in total. The molecule has 1 amide bonds. The van der Waals surface area contributed by atoms with Gasteiger partial charge in [-0.25, -0.2) is 0 Å². The van der Waals surface area contributed by atoms with Crippen LogP contribution in [-0.2, 0) is 4.79 Å². The number of rotatable bonds is 5. The average Bonchev–Trinajstić information content (AvgIpc) is 2.03. The standard InChI is InChI=1S/C12H25NO/c1-7-12(5,6)10(9(3)4)11(14)13-8-2/h9-10H,7-8H2,1-6H3,(H,13,14)/t10-/m0/s1. The lowest BCUT2D eigenvalue weighted by Crippen LogP contribution is -2.41. The molecule has 0 saturated carbocycles. The summed E-state index contributed by atoms with van der Waals surface area (Å²) in [6, 6.07) is 0. The molecule has 0 aromatic carbocycles. The molecule has 2 heteroatoms. The Morgan fingerprint density at radius 3 is 2.07 bits per heavy atom. The largest absolute Gasteiger partial charge is 0.356 e. The van der Waals surface area contributed by atoms with Gasteiger partial charge < -0.3 is 5.32 Å². The van der Waals surface area contributed by atoms with Gasteiger partial charge in [-0.15, -0.1) is 0 Å². The van der Waals surface area contributed by atoms with E-state index in [1.165, 1.54) is 0 Å². The summed E-state index contributed by atoms with van der Waals surface area (Å²) in [6.07, 6.45) is 1.03. The summed E-state index contributed by atoms with van der Waals surface area (Å²) in [5.41, 5.74) is 0.0907. The molecule has 0 fully saturated rings. The predicted octanol–water partition coefficient (Wildman–Crippen LogP) is 2.83. The van der Waals surface area contributed by atoms with Crippen molar-refractivity contribution >= 4 is 5.91 Å². The maximum atomic E-state index is 11.9. The van der Waals surface area contributed by atoms with Crippen LogP contribution in [0.15, 0.2) is 0 Å². The van der Waals surface area contributed by atoms with Crippen LogP contribution in [0.5, 0.6) is 0 Å². The minimum absolute atomic E-state index is 0.0907. The fraction of sp³-hybridized carbons (Fsp3) is 0.917. The second kappa shape index (κ2) is 5.38. The highest BCUT2D eigenvalue weighted by atomic mass is 16.1. The fourth-order valence-electron chi connectivity index (χ4n) is 2.06. The van der Waals surface area contributed by atoms with Gasteiger partial charge in [0.1, 0.15) is 0 Å². The summed E-state index contributed by atoms with van der Waals surface area (Å²) >= 11 is 0. The van der Waals surface area contributed by atoms with Crippen LogP contribution in [-0.4, -0.2) is 12.5 Å². The van der Waals surface area contributed by atoms with E-state index < -0.39 is 0 Å². The Kier molecular flexibility index (Phi) is 5.17. The minimum atomic E-state index is 0.0907. The highest BCUT2D eigenvalue weighted by Crippen LogP contribution is 2.35. The van der Waals surface area contributed by atoms with Crippen molar-refractivity contribution in [3.63, 3.8) is 0 Å². The molecule has 0 aliphatic heterocycles. The Morgan fingerprint density at radius 1 is 1.29 bits per heavy atom. The van der Waals surface area contributed by atoms with Crippen molar-refractivity contribution in [1.29, 1.82) is 0 Å². The first-order valence-corrected chi connectivity index (χ1v) is 5.64. The van der Waals surface area contributed by atoms with Crippen molar-refractivity contribution in [2.24, 2.45) is 17.3 Å². The molecular weight excluding hydrogens is 174 g/mol. The first-order chi connectivity index (χ1) is 6.36. The van der Waals surface area contributed by atoms with Crippen LogP contribution in [0.3, 0.4) is 0 Å². The van der Waals surface area contributed by atoms with Gasteiger partial charge in [0.2, 0.25) is 5.91 Å². The van der Waals surface area contributed by atoms with E-state index in [4.69, 9.17) is 0 Å². The summed E-state index contributed by atoms with van der Waals surface area (Å²) < 4.78 is 0. The molecule has 1 N–H and O–H groups in total. The molecule has 0 saturated heterocycles. The lowest BCUT2D eigenvalue weighted by atomic mass is 9.71. The van der Waals surface area contributed by atoms with Gasteiger partial charge >= 0.3 is 0 Å². The van der Waals surface area contributed by atoms with E-state index in [0.29, 0.717) is 5.92 Å². The van der Waals surface area contributed by atoms with Crippen LogP contribution in [0, 0.1) is 17.3 Å². The molecule has 0 heterocycles. The first-order valence-electron chi connectivity index (χ1n) is 5.64. The van der Waals surface area contributed by atoms with Crippen LogP contribution < -0.4 is 5.32 Å². The number of hydrogen-bond acceptors (Lipinski definition) is 1. The summed E-state index contributed by atoms with van der Waals surface area (Å²) in [5, 5.41) is 2.93. The Labute approximate surface area is 88.5 Å². The second-order valence-electron chi connectivity index (χ2n) is 4.96. The number of hydrogen-bond donors (Lipinski definition) is 1. The van der Waals surface area contributed by atoms with Gasteiger partial charge in [-0.2, -0.15) is 0 Å². The van der Waals surface area contributed by atoms with Crippen LogP contribution >= 0.6 is 0 Å². The van der Waals surface area contributed by atoms with Gasteiger partial charge in [0, 0.05) is 12.5 Å². The minimum Gasteiger partial charge on any atom is -0.356 e. The zero-order chi connectivity index (χ0) is 11.4. The molecule has 0 aromatic rings. The van der Waals surface area contributed by atoms with E-state index in [0.717, 1.165) is 13.0 Å². The maximum absolute atomic E-state index is 11.9. The normalized spacial score (nSPS) is 14.2. The molecule has 0 aliphatic rings. The molecule has 14 heavy (non-hydrogen) atoms. The van der Waals surface area contributed by atoms with Crippen molar-refractivity contribution in [1.82, 2.24) is 5.32 Å². The average molecular weight is 199 g/mol. The molecule has 0 unspecified atom stereocenters. The van der Waals surface area contributed by atoms with E-state index in [2.05, 4.69) is 39.9 Å². The Bertz CT molecular complexity index is 185. The molecule has 0 aliphatic carbocycles. The number of nitrogens with one attached hydrogen (secondary N) is 1. The Morgan fingerprint density at radius 2 is 1.79 bits per heavy atom. The van der Waals surface area contributed by atoms with Gasteiger partial charge in [0.25, 0.3) is 0 Å². The van der Waals surface area contributed by atoms with E-state index in [1.807, 2.05) is 6.92 Å². The third-order valence-corrected chi connectivity index (χ3v) is 3.05. The summed E-state index contributed by atoms with van der Waals surface area (Å²) in [7, 11) is 0. The molecule has 0 rings (SSSR count). The summed E-state index contributed by atoms with van der Waals surface area (Å²) in [4.78, 5) is 11.9. The zero-order valence-corrected chi connectivity index (χ0v) is 10.5. The van der Waals surface area contributed by atoms with Crippen molar-refractivity contribution < 1.29 is 4.79 Å². The van der Waals surface area contributed by atoms with Crippen LogP contribution in [0.2, 0.25) is 0 Å². The van der Waals surface area contributed by atoms with Crippen LogP contribution in [0.1, 0.15) is 48.0 Å². The fourth-order valence-corrected chi connectivity index (χ4v) is 2.06. The van der Waals surface area contributed by atoms with E-state index >= 15 is 0 Å². The topological polar surface area (TPSA) is 29.1 Å². The molecule has 1 atom stereocenters.